The molecule has 9 N–H and O–H groups in total. The van der Waals surface area contributed by atoms with Crippen molar-refractivity contribution in [2.24, 2.45) is 17.4 Å². The van der Waals surface area contributed by atoms with Crippen LogP contribution < -0.4 is 32.7 Å². The fourth-order valence-corrected chi connectivity index (χ4v) is 4.66. The van der Waals surface area contributed by atoms with E-state index in [4.69, 9.17) is 11.5 Å². The average molecular weight is 625 g/mol. The van der Waals surface area contributed by atoms with Gasteiger partial charge in [0.05, 0.1) is 6.04 Å². The Morgan fingerprint density at radius 1 is 0.689 bits per heavy atom. The third kappa shape index (κ3) is 12.7. The summed E-state index contributed by atoms with van der Waals surface area (Å²) in [6.45, 7) is 5.52. The molecule has 0 spiro atoms. The number of carbonyl (C=O) groups excluding carboxylic acids is 4. The molecule has 0 unspecified atom stereocenters. The first-order chi connectivity index (χ1) is 21.5. The molecule has 2 aromatic rings. The predicted octanol–water partition coefficient (Wildman–Crippen LogP) is 1.02. The number of nitrogens with two attached hydrogens (primary N) is 2. The Kier molecular flexibility index (Phi) is 15.7. The molecule has 4 amide bonds. The third-order valence-corrected chi connectivity index (χ3v) is 7.60. The van der Waals surface area contributed by atoms with Gasteiger partial charge in [0.25, 0.3) is 0 Å². The van der Waals surface area contributed by atoms with E-state index in [1.807, 2.05) is 43.3 Å². The van der Waals surface area contributed by atoms with Gasteiger partial charge in [-0.1, -0.05) is 80.9 Å². The molecular weight excluding hydrogens is 576 g/mol. The van der Waals surface area contributed by atoms with Crippen molar-refractivity contribution in [3.63, 3.8) is 0 Å². The zero-order chi connectivity index (χ0) is 33.4. The van der Waals surface area contributed by atoms with Crippen molar-refractivity contribution in [2.75, 3.05) is 6.54 Å². The Labute approximate surface area is 265 Å². The quantitative estimate of drug-likeness (QED) is 0.112. The summed E-state index contributed by atoms with van der Waals surface area (Å²) in [5, 5.41) is 20.6. The number of carbonyl (C=O) groups is 5. The van der Waals surface area contributed by atoms with Crippen molar-refractivity contribution in [1.29, 1.82) is 0 Å². The average Bonchev–Trinajstić information content (AvgIpc) is 3.02. The smallest absolute Gasteiger partial charge is 0.326 e. The van der Waals surface area contributed by atoms with Crippen LogP contribution in [0.2, 0.25) is 0 Å². The number of hydrogen-bond acceptors (Lipinski definition) is 7. The largest absolute Gasteiger partial charge is 0.480 e. The maximum atomic E-state index is 13.7. The molecule has 0 bridgehead atoms. The second kappa shape index (κ2) is 19.2. The highest BCUT2D eigenvalue weighted by atomic mass is 16.4. The molecule has 45 heavy (non-hydrogen) atoms. The molecule has 12 heteroatoms. The lowest BCUT2D eigenvalue weighted by Crippen LogP contribution is -2.59. The van der Waals surface area contributed by atoms with Crippen LogP contribution in [0.15, 0.2) is 60.7 Å². The van der Waals surface area contributed by atoms with Crippen LogP contribution in [0.1, 0.15) is 57.6 Å². The van der Waals surface area contributed by atoms with Crippen molar-refractivity contribution >= 4 is 29.6 Å². The Morgan fingerprint density at radius 2 is 1.18 bits per heavy atom. The van der Waals surface area contributed by atoms with Gasteiger partial charge in [0.1, 0.15) is 24.2 Å². The van der Waals surface area contributed by atoms with E-state index >= 15 is 0 Å². The van der Waals surface area contributed by atoms with Gasteiger partial charge < -0.3 is 37.8 Å². The van der Waals surface area contributed by atoms with E-state index in [1.54, 1.807) is 31.2 Å². The summed E-state index contributed by atoms with van der Waals surface area (Å²) in [5.41, 5.74) is 12.9. The molecule has 2 aromatic carbocycles. The number of carboxylic acid groups (broad SMARTS) is 1. The molecule has 0 radical (unpaired) electrons. The highest BCUT2D eigenvalue weighted by Crippen LogP contribution is 2.12. The van der Waals surface area contributed by atoms with Gasteiger partial charge in [0.15, 0.2) is 0 Å². The second-order valence-corrected chi connectivity index (χ2v) is 11.3. The lowest BCUT2D eigenvalue weighted by molar-refractivity contribution is -0.142. The first kappa shape index (κ1) is 36.9. The number of carboxylic acids is 1. The van der Waals surface area contributed by atoms with Crippen LogP contribution in [0.3, 0.4) is 0 Å². The van der Waals surface area contributed by atoms with Gasteiger partial charge in [-0.05, 0) is 49.8 Å². The van der Waals surface area contributed by atoms with E-state index in [0.717, 1.165) is 11.1 Å². The van der Waals surface area contributed by atoms with Crippen molar-refractivity contribution in [3.05, 3.63) is 71.8 Å². The van der Waals surface area contributed by atoms with Crippen molar-refractivity contribution in [1.82, 2.24) is 21.3 Å². The van der Waals surface area contributed by atoms with E-state index in [2.05, 4.69) is 21.3 Å². The van der Waals surface area contributed by atoms with E-state index in [1.165, 1.54) is 6.92 Å². The normalized spacial score (nSPS) is 15.0. The molecular formula is C33H48N6O6. The van der Waals surface area contributed by atoms with Gasteiger partial charge in [-0.2, -0.15) is 0 Å². The molecule has 2 rings (SSSR count). The number of nitrogens with one attached hydrogen (secondary N) is 4. The summed E-state index contributed by atoms with van der Waals surface area (Å²) in [6, 6.07) is 12.8. The summed E-state index contributed by atoms with van der Waals surface area (Å²) in [4.78, 5) is 65.1. The van der Waals surface area contributed by atoms with Crippen molar-refractivity contribution in [2.45, 2.75) is 89.5 Å². The van der Waals surface area contributed by atoms with Gasteiger partial charge in [0, 0.05) is 12.8 Å². The van der Waals surface area contributed by atoms with Crippen molar-refractivity contribution in [3.8, 4) is 0 Å². The van der Waals surface area contributed by atoms with Crippen LogP contribution in [0.5, 0.6) is 0 Å². The number of hydrogen-bond donors (Lipinski definition) is 7. The minimum atomic E-state index is -1.21. The van der Waals surface area contributed by atoms with Crippen LogP contribution in [-0.2, 0) is 36.8 Å². The van der Waals surface area contributed by atoms with Gasteiger partial charge in [-0.3, -0.25) is 19.2 Å². The zero-order valence-corrected chi connectivity index (χ0v) is 26.3. The Hall–Kier alpha value is -4.29. The van der Waals surface area contributed by atoms with Crippen LogP contribution in [0.25, 0.3) is 0 Å². The molecule has 0 aliphatic rings. The number of benzene rings is 2. The molecule has 0 aliphatic heterocycles. The SMILES string of the molecule is CC[C@H](C)[C@H](NC(=O)[C@H](CCCCN)NC(=O)[C@H](Cc1ccccc1)NC(=O)[C@H](C)N)C(=O)N[C@@H](Cc1ccccc1)C(=O)O. The van der Waals surface area contributed by atoms with Gasteiger partial charge in [0.2, 0.25) is 23.6 Å². The first-order valence-electron chi connectivity index (χ1n) is 15.4. The number of unbranched alkanes of at least 4 members (excludes halogenated alkanes) is 1. The minimum Gasteiger partial charge on any atom is -0.480 e. The lowest BCUT2D eigenvalue weighted by atomic mass is 9.96. The maximum Gasteiger partial charge on any atom is 0.326 e. The molecule has 6 atom stereocenters. The minimum absolute atomic E-state index is 0.0663. The highest BCUT2D eigenvalue weighted by molar-refractivity contribution is 5.95. The number of amides is 4. The molecule has 12 nitrogen and oxygen atoms in total. The highest BCUT2D eigenvalue weighted by Gasteiger charge is 2.33. The van der Waals surface area contributed by atoms with Crippen LogP contribution in [0.4, 0.5) is 0 Å². The standard InChI is InChI=1S/C33H48N6O6/c1-4-21(2)28(32(43)38-27(33(44)45)20-24-15-9-6-10-16-24)39-30(41)25(17-11-12-18-34)36-31(42)26(37-29(40)22(3)35)19-23-13-7-5-8-14-23/h5-10,13-16,21-22,25-28H,4,11-12,17-20,34-35H2,1-3H3,(H,36,42)(H,37,40)(H,38,43)(H,39,41)(H,44,45)/t21-,22-,25-,26-,27-,28-/m0/s1. The zero-order valence-electron chi connectivity index (χ0n) is 26.3. The molecule has 0 heterocycles. The van der Waals surface area contributed by atoms with Crippen LogP contribution >= 0.6 is 0 Å². The van der Waals surface area contributed by atoms with Gasteiger partial charge in [-0.25, -0.2) is 4.79 Å². The van der Waals surface area contributed by atoms with Crippen LogP contribution in [-0.4, -0.2) is 71.5 Å². The summed E-state index contributed by atoms with van der Waals surface area (Å²) >= 11 is 0. The van der Waals surface area contributed by atoms with Crippen molar-refractivity contribution < 1.29 is 29.1 Å². The van der Waals surface area contributed by atoms with E-state index in [-0.39, 0.29) is 25.2 Å². The molecule has 0 saturated heterocycles. The van der Waals surface area contributed by atoms with Gasteiger partial charge >= 0.3 is 5.97 Å². The summed E-state index contributed by atoms with van der Waals surface area (Å²) < 4.78 is 0. The number of aliphatic carboxylic acids is 1. The second-order valence-electron chi connectivity index (χ2n) is 11.3. The van der Waals surface area contributed by atoms with E-state index in [0.29, 0.717) is 25.8 Å². The maximum absolute atomic E-state index is 13.7. The van der Waals surface area contributed by atoms with E-state index < -0.39 is 59.8 Å². The molecule has 0 saturated carbocycles. The summed E-state index contributed by atoms with van der Waals surface area (Å²) in [5.74, 6) is -3.90. The topological polar surface area (TPSA) is 206 Å². The predicted molar refractivity (Wildman–Crippen MR) is 172 cm³/mol. The monoisotopic (exact) mass is 624 g/mol. The molecule has 246 valence electrons. The lowest BCUT2D eigenvalue weighted by Gasteiger charge is -2.28. The van der Waals surface area contributed by atoms with Gasteiger partial charge in [-0.15, -0.1) is 0 Å². The Bertz CT molecular complexity index is 1240. The fourth-order valence-electron chi connectivity index (χ4n) is 4.66. The summed E-state index contributed by atoms with van der Waals surface area (Å²) in [6.07, 6.45) is 2.09. The molecule has 0 aliphatic carbocycles. The number of rotatable bonds is 19. The molecule has 0 aromatic heterocycles. The first-order valence-corrected chi connectivity index (χ1v) is 15.4. The Morgan fingerprint density at radius 3 is 1.67 bits per heavy atom. The summed E-state index contributed by atoms with van der Waals surface area (Å²) in [7, 11) is 0. The molecule has 0 fully saturated rings. The van der Waals surface area contributed by atoms with E-state index in [9.17, 15) is 29.1 Å². The van der Waals surface area contributed by atoms with Crippen LogP contribution in [0, 0.1) is 5.92 Å². The third-order valence-electron chi connectivity index (χ3n) is 7.60. The Balaban J connectivity index is 2.26. The fraction of sp³-hybridized carbons (Fsp3) is 0.485.